The molecule has 1 aromatic rings. The van der Waals surface area contributed by atoms with Crippen molar-refractivity contribution in [3.05, 3.63) is 29.8 Å². The van der Waals surface area contributed by atoms with Crippen molar-refractivity contribution in [1.29, 1.82) is 0 Å². The molecule has 1 aliphatic carbocycles. The van der Waals surface area contributed by atoms with Gasteiger partial charge < -0.3 is 10.1 Å². The molecule has 178 valence electrons. The maximum atomic E-state index is 13.0. The molecule has 1 aromatic carbocycles. The second-order valence-electron chi connectivity index (χ2n) is 9.70. The molecule has 0 bridgehead atoms. The molecule has 3 fully saturated rings. The topological polar surface area (TPSA) is 79.0 Å². The zero-order valence-electron chi connectivity index (χ0n) is 19.2. The fourth-order valence-corrected chi connectivity index (χ4v) is 7.09. The summed E-state index contributed by atoms with van der Waals surface area (Å²) in [7, 11) is -3.51. The summed E-state index contributed by atoms with van der Waals surface area (Å²) in [5, 5.41) is 3.15. The van der Waals surface area contributed by atoms with Crippen LogP contribution in [0.3, 0.4) is 0 Å². The van der Waals surface area contributed by atoms with Gasteiger partial charge in [-0.15, -0.1) is 0 Å². The van der Waals surface area contributed by atoms with E-state index in [1.165, 1.54) is 19.3 Å². The number of piperidine rings is 1. The quantitative estimate of drug-likeness (QED) is 0.702. The number of morpholine rings is 1. The lowest BCUT2D eigenvalue weighted by atomic mass is 9.79. The third-order valence-corrected chi connectivity index (χ3v) is 9.30. The van der Waals surface area contributed by atoms with E-state index in [4.69, 9.17) is 4.74 Å². The largest absolute Gasteiger partial charge is 0.379 e. The maximum absolute atomic E-state index is 13.0. The van der Waals surface area contributed by atoms with Crippen LogP contribution in [0.15, 0.2) is 29.2 Å². The zero-order chi connectivity index (χ0) is 22.6. The Morgan fingerprint density at radius 3 is 2.41 bits per heavy atom. The van der Waals surface area contributed by atoms with Crippen LogP contribution in [0.1, 0.15) is 62.2 Å². The van der Waals surface area contributed by atoms with Crippen LogP contribution >= 0.6 is 0 Å². The fraction of sp³-hybridized carbons (Fsp3) is 0.708. The molecule has 0 radical (unpaired) electrons. The Hall–Kier alpha value is -1.48. The van der Waals surface area contributed by atoms with Gasteiger partial charge in [-0.1, -0.05) is 26.2 Å². The van der Waals surface area contributed by atoms with Gasteiger partial charge in [0, 0.05) is 43.8 Å². The first kappa shape index (κ1) is 23.7. The molecule has 1 saturated carbocycles. The van der Waals surface area contributed by atoms with E-state index in [-0.39, 0.29) is 16.3 Å². The van der Waals surface area contributed by atoms with E-state index in [1.807, 2.05) is 0 Å². The summed E-state index contributed by atoms with van der Waals surface area (Å²) in [5.74, 6) is 0.237. The smallest absolute Gasteiger partial charge is 0.251 e. The lowest BCUT2D eigenvalue weighted by molar-refractivity contribution is -0.0361. The molecule has 0 unspecified atom stereocenters. The van der Waals surface area contributed by atoms with E-state index in [0.717, 1.165) is 52.0 Å². The van der Waals surface area contributed by atoms with Gasteiger partial charge in [-0.2, -0.15) is 4.31 Å². The molecule has 7 nitrogen and oxygen atoms in total. The molecule has 3 aliphatic rings. The first-order valence-corrected chi connectivity index (χ1v) is 13.6. The van der Waals surface area contributed by atoms with Crippen LogP contribution in [-0.2, 0) is 14.8 Å². The molecule has 8 heteroatoms. The average Bonchev–Trinajstić information content (AvgIpc) is 2.84. The van der Waals surface area contributed by atoms with Gasteiger partial charge in [0.1, 0.15) is 0 Å². The van der Waals surface area contributed by atoms with Crippen molar-refractivity contribution in [1.82, 2.24) is 14.5 Å². The monoisotopic (exact) mass is 463 g/mol. The summed E-state index contributed by atoms with van der Waals surface area (Å²) in [5.41, 5.74) is 0.509. The molecule has 1 amide bonds. The van der Waals surface area contributed by atoms with Gasteiger partial charge in [0.15, 0.2) is 0 Å². The first-order valence-electron chi connectivity index (χ1n) is 12.1. The van der Waals surface area contributed by atoms with Crippen LogP contribution in [0.4, 0.5) is 0 Å². The van der Waals surface area contributed by atoms with Crippen molar-refractivity contribution >= 4 is 15.9 Å². The van der Waals surface area contributed by atoms with Gasteiger partial charge >= 0.3 is 0 Å². The minimum Gasteiger partial charge on any atom is -0.379 e. The lowest BCUT2D eigenvalue weighted by Crippen LogP contribution is -2.59. The minimum absolute atomic E-state index is 0.00588. The summed E-state index contributed by atoms with van der Waals surface area (Å²) in [4.78, 5) is 15.7. The molecule has 2 heterocycles. The molecular formula is C24H37N3O4S. The maximum Gasteiger partial charge on any atom is 0.251 e. The van der Waals surface area contributed by atoms with Crippen molar-refractivity contribution in [3.63, 3.8) is 0 Å². The Bertz CT molecular complexity index is 875. The van der Waals surface area contributed by atoms with Crippen LogP contribution in [0.2, 0.25) is 0 Å². The minimum atomic E-state index is -3.51. The van der Waals surface area contributed by atoms with Crippen LogP contribution in [0.25, 0.3) is 0 Å². The summed E-state index contributed by atoms with van der Waals surface area (Å²) in [6.07, 6.45) is 7.79. The Morgan fingerprint density at radius 1 is 1.06 bits per heavy atom. The van der Waals surface area contributed by atoms with Crippen molar-refractivity contribution in [2.45, 2.75) is 62.3 Å². The van der Waals surface area contributed by atoms with E-state index < -0.39 is 10.0 Å². The van der Waals surface area contributed by atoms with Crippen LogP contribution in [0, 0.1) is 5.92 Å². The number of rotatable bonds is 6. The normalized spacial score (nSPS) is 25.3. The van der Waals surface area contributed by atoms with Crippen LogP contribution < -0.4 is 5.32 Å². The zero-order valence-corrected chi connectivity index (χ0v) is 20.0. The number of ether oxygens (including phenoxy) is 1. The third-order valence-electron chi connectivity index (χ3n) is 7.42. The molecule has 1 atom stereocenters. The molecule has 1 N–H and O–H groups in total. The Kier molecular flexibility index (Phi) is 7.54. The number of carbonyl (C=O) groups is 1. The molecule has 32 heavy (non-hydrogen) atoms. The summed E-state index contributed by atoms with van der Waals surface area (Å²) in [6, 6.07) is 6.42. The number of hydrogen-bond acceptors (Lipinski definition) is 5. The molecule has 0 aromatic heterocycles. The molecule has 4 rings (SSSR count). The van der Waals surface area contributed by atoms with Crippen LogP contribution in [0.5, 0.6) is 0 Å². The van der Waals surface area contributed by atoms with E-state index in [1.54, 1.807) is 28.6 Å². The third kappa shape index (κ3) is 5.19. The predicted molar refractivity (Wildman–Crippen MR) is 124 cm³/mol. The molecule has 2 saturated heterocycles. The van der Waals surface area contributed by atoms with Gasteiger partial charge in [-0.25, -0.2) is 8.42 Å². The fourth-order valence-electron chi connectivity index (χ4n) is 5.49. The number of amides is 1. The standard InChI is InChI=1S/C24H37N3O4S/c1-20-6-5-13-27(18-20)32(29,30)22-9-7-21(8-10-22)23(28)25-19-24(11-3-2-4-12-24)26-14-16-31-17-15-26/h7-10,20H,2-6,11-19H2,1H3,(H,25,28)/t20-/m0/s1. The lowest BCUT2D eigenvalue weighted by Gasteiger charge is -2.48. The number of nitrogens with zero attached hydrogens (tertiary/aromatic N) is 2. The summed E-state index contributed by atoms with van der Waals surface area (Å²) >= 11 is 0. The Morgan fingerprint density at radius 2 is 1.75 bits per heavy atom. The number of hydrogen-bond donors (Lipinski definition) is 1. The highest BCUT2D eigenvalue weighted by molar-refractivity contribution is 7.89. The van der Waals surface area contributed by atoms with Gasteiger partial charge in [0.2, 0.25) is 10.0 Å². The number of carbonyl (C=O) groups excluding carboxylic acids is 1. The molecule has 0 spiro atoms. The van der Waals surface area contributed by atoms with E-state index in [9.17, 15) is 13.2 Å². The highest BCUT2D eigenvalue weighted by Crippen LogP contribution is 2.34. The first-order chi connectivity index (χ1) is 15.4. The van der Waals surface area contributed by atoms with Crippen LogP contribution in [-0.4, -0.2) is 75.0 Å². The Labute approximate surface area is 192 Å². The molecule has 2 aliphatic heterocycles. The number of sulfonamides is 1. The summed E-state index contributed by atoms with van der Waals surface area (Å²) < 4.78 is 33.1. The second kappa shape index (κ2) is 10.2. The summed E-state index contributed by atoms with van der Waals surface area (Å²) in [6.45, 7) is 7.17. The molecular weight excluding hydrogens is 426 g/mol. The van der Waals surface area contributed by atoms with Crippen molar-refractivity contribution < 1.29 is 17.9 Å². The van der Waals surface area contributed by atoms with E-state index in [0.29, 0.717) is 31.1 Å². The van der Waals surface area contributed by atoms with Crippen molar-refractivity contribution in [2.75, 3.05) is 45.9 Å². The number of nitrogens with one attached hydrogen (secondary N) is 1. The van der Waals surface area contributed by atoms with E-state index >= 15 is 0 Å². The van der Waals surface area contributed by atoms with Gasteiger partial charge in [0.25, 0.3) is 5.91 Å². The average molecular weight is 464 g/mol. The van der Waals surface area contributed by atoms with Gasteiger partial charge in [-0.05, 0) is 55.9 Å². The van der Waals surface area contributed by atoms with Crippen molar-refractivity contribution in [2.24, 2.45) is 5.92 Å². The second-order valence-corrected chi connectivity index (χ2v) is 11.6. The predicted octanol–water partition coefficient (Wildman–Crippen LogP) is 2.87. The Balaban J connectivity index is 1.41. The SMILES string of the molecule is C[C@H]1CCCN(S(=O)(=O)c2ccc(C(=O)NCC3(N4CCOCC4)CCCCC3)cc2)C1. The number of benzene rings is 1. The van der Waals surface area contributed by atoms with Gasteiger partial charge in [0.05, 0.1) is 18.1 Å². The van der Waals surface area contributed by atoms with Crippen molar-refractivity contribution in [3.8, 4) is 0 Å². The highest BCUT2D eigenvalue weighted by atomic mass is 32.2. The highest BCUT2D eigenvalue weighted by Gasteiger charge is 2.39. The van der Waals surface area contributed by atoms with Gasteiger partial charge in [-0.3, -0.25) is 9.69 Å². The van der Waals surface area contributed by atoms with E-state index in [2.05, 4.69) is 17.1 Å².